The molecule has 0 atom stereocenters. The normalized spacial score (nSPS) is 11.8. The minimum absolute atomic E-state index is 0.0581. The predicted molar refractivity (Wildman–Crippen MR) is 142 cm³/mol. The lowest BCUT2D eigenvalue weighted by Crippen LogP contribution is -2.13. The van der Waals surface area contributed by atoms with E-state index in [9.17, 15) is 35.2 Å². The van der Waals surface area contributed by atoms with Gasteiger partial charge in [-0.05, 0) is 48.0 Å². The molecule has 2 N–H and O–H groups in total. The number of nitrogens with one attached hydrogen (secondary N) is 2. The minimum Gasteiger partial charge on any atom is -0.486 e. The molecule has 4 aromatic rings. The van der Waals surface area contributed by atoms with Crippen molar-refractivity contribution in [3.63, 3.8) is 0 Å². The number of benzene rings is 2. The van der Waals surface area contributed by atoms with Crippen molar-refractivity contribution >= 4 is 38.9 Å². The first-order valence-corrected chi connectivity index (χ1v) is 13.8. The second kappa shape index (κ2) is 11.4. The van der Waals surface area contributed by atoms with Gasteiger partial charge in [-0.3, -0.25) is 9.52 Å². The number of halogens is 6. The van der Waals surface area contributed by atoms with E-state index in [2.05, 4.69) is 15.0 Å². The first-order chi connectivity index (χ1) is 19.1. The first kappa shape index (κ1) is 29.8. The molecule has 41 heavy (non-hydrogen) atoms. The molecule has 2 aromatic heterocycles. The summed E-state index contributed by atoms with van der Waals surface area (Å²) in [5.41, 5.74) is -0.569. The molecule has 0 saturated carbocycles. The molecule has 8 nitrogen and oxygen atoms in total. The van der Waals surface area contributed by atoms with E-state index in [4.69, 9.17) is 16.3 Å². The average molecular weight is 615 g/mol. The van der Waals surface area contributed by atoms with E-state index in [0.29, 0.717) is 12.1 Å². The van der Waals surface area contributed by atoms with Gasteiger partial charge in [-0.1, -0.05) is 11.6 Å². The Labute approximate surface area is 235 Å². The first-order valence-electron chi connectivity index (χ1n) is 11.5. The maximum Gasteiger partial charge on any atom is 0.416 e. The highest BCUT2D eigenvalue weighted by Crippen LogP contribution is 2.33. The van der Waals surface area contributed by atoms with E-state index in [1.807, 2.05) is 0 Å². The summed E-state index contributed by atoms with van der Waals surface area (Å²) in [5, 5.41) is 2.75. The molecule has 1 amide bonds. The lowest BCUT2D eigenvalue weighted by molar-refractivity contribution is -0.137. The predicted octanol–water partition coefficient (Wildman–Crippen LogP) is 6.24. The summed E-state index contributed by atoms with van der Waals surface area (Å²) in [7, 11) is -2.04. The van der Waals surface area contributed by atoms with E-state index < -0.39 is 45.9 Å². The lowest BCUT2D eigenvalue weighted by atomic mass is 10.1. The van der Waals surface area contributed by atoms with E-state index in [-0.39, 0.29) is 44.7 Å². The van der Waals surface area contributed by atoms with Crippen LogP contribution in [0.25, 0.3) is 11.4 Å². The number of sulfonamides is 1. The number of hydrogen-bond donors (Lipinski definition) is 2. The van der Waals surface area contributed by atoms with Crippen molar-refractivity contribution < 1.29 is 39.9 Å². The number of aromatic nitrogens is 2. The number of anilines is 2. The van der Waals surface area contributed by atoms with Crippen LogP contribution in [0, 0.1) is 11.6 Å². The second-order valence-electron chi connectivity index (χ2n) is 8.92. The molecule has 0 spiro atoms. The Morgan fingerprint density at radius 3 is 2.41 bits per heavy atom. The Morgan fingerprint density at radius 2 is 1.73 bits per heavy atom. The van der Waals surface area contributed by atoms with E-state index in [1.54, 1.807) is 7.05 Å². The molecule has 0 saturated heterocycles. The average Bonchev–Trinajstić information content (AvgIpc) is 3.22. The van der Waals surface area contributed by atoms with Gasteiger partial charge in [0.25, 0.3) is 5.91 Å². The van der Waals surface area contributed by atoms with E-state index >= 15 is 0 Å². The molecule has 0 fully saturated rings. The van der Waals surface area contributed by atoms with Crippen LogP contribution in [0.2, 0.25) is 5.02 Å². The van der Waals surface area contributed by atoms with Gasteiger partial charge in [0.2, 0.25) is 10.0 Å². The number of ether oxygens (including phenoxy) is 1. The fourth-order valence-corrected chi connectivity index (χ4v) is 4.62. The Morgan fingerprint density at radius 1 is 1.02 bits per heavy atom. The van der Waals surface area contributed by atoms with Crippen molar-refractivity contribution in [2.24, 2.45) is 7.05 Å². The number of hydrogen-bond acceptors (Lipinski definition) is 5. The number of pyridine rings is 1. The Hall–Kier alpha value is -4.17. The zero-order valence-electron chi connectivity index (χ0n) is 21.2. The Bertz CT molecular complexity index is 1740. The van der Waals surface area contributed by atoms with Crippen LogP contribution in [-0.2, 0) is 29.9 Å². The number of aryl methyl sites for hydroxylation is 1. The zero-order valence-corrected chi connectivity index (χ0v) is 22.8. The monoisotopic (exact) mass is 614 g/mol. The van der Waals surface area contributed by atoms with Crippen molar-refractivity contribution in [2.45, 2.75) is 12.8 Å². The maximum atomic E-state index is 14.0. The molecule has 0 aliphatic rings. The maximum absolute atomic E-state index is 14.0. The molecule has 0 aliphatic carbocycles. The molecule has 2 heterocycles. The van der Waals surface area contributed by atoms with E-state index in [1.165, 1.54) is 35.0 Å². The highest BCUT2D eigenvalue weighted by Gasteiger charge is 2.31. The third kappa shape index (κ3) is 7.73. The van der Waals surface area contributed by atoms with Crippen LogP contribution in [0.3, 0.4) is 0 Å². The van der Waals surface area contributed by atoms with Crippen molar-refractivity contribution in [2.75, 3.05) is 16.3 Å². The van der Waals surface area contributed by atoms with Gasteiger partial charge >= 0.3 is 6.18 Å². The lowest BCUT2D eigenvalue weighted by Gasteiger charge is -2.13. The van der Waals surface area contributed by atoms with Crippen molar-refractivity contribution in [3.8, 4) is 17.1 Å². The zero-order chi connectivity index (χ0) is 30.1. The molecule has 0 unspecified atom stereocenters. The smallest absolute Gasteiger partial charge is 0.416 e. The summed E-state index contributed by atoms with van der Waals surface area (Å²) in [6.45, 7) is -0.532. The molecular weight excluding hydrogens is 595 g/mol. The quantitative estimate of drug-likeness (QED) is 0.229. The summed E-state index contributed by atoms with van der Waals surface area (Å²) in [6.07, 6.45) is -1.50. The van der Waals surface area contributed by atoms with Crippen molar-refractivity contribution in [1.82, 2.24) is 9.55 Å². The standard InChI is InChI=1S/C26H20ClF5N4O4S/c1-36-12-15(25(37)34-20-7-17(27)8-21(10-20)35-41(2,38)39)5-22(36)24-23(9-19(29)11-33-24)40-13-14-3-16(26(30,31)32)6-18(28)4-14/h3-12,35H,13H2,1-2H3,(H,34,37). The van der Waals surface area contributed by atoms with Gasteiger partial charge in [0.05, 0.1) is 35.0 Å². The molecule has 15 heteroatoms. The SMILES string of the molecule is Cn1cc(C(=O)Nc2cc(Cl)cc(NS(C)(=O)=O)c2)cc1-c1ncc(F)cc1OCc1cc(F)cc(C(F)(F)F)c1. The fraction of sp³-hybridized carbons (Fsp3) is 0.154. The summed E-state index contributed by atoms with van der Waals surface area (Å²) < 4.78 is 99.4. The second-order valence-corrected chi connectivity index (χ2v) is 11.1. The molecular formula is C26H20ClF5N4O4S. The van der Waals surface area contributed by atoms with Crippen molar-refractivity contribution in [3.05, 3.63) is 94.3 Å². The molecule has 2 aromatic carbocycles. The number of rotatable bonds is 8. The molecule has 0 aliphatic heterocycles. The summed E-state index contributed by atoms with van der Waals surface area (Å²) in [5.74, 6) is -2.69. The van der Waals surface area contributed by atoms with Crippen LogP contribution in [0.1, 0.15) is 21.5 Å². The van der Waals surface area contributed by atoms with Crippen LogP contribution < -0.4 is 14.8 Å². The van der Waals surface area contributed by atoms with Crippen LogP contribution in [-0.4, -0.2) is 30.1 Å². The summed E-state index contributed by atoms with van der Waals surface area (Å²) in [4.78, 5) is 17.0. The number of carbonyl (C=O) groups excluding carboxylic acids is 1. The summed E-state index contributed by atoms with van der Waals surface area (Å²) in [6, 6.07) is 8.41. The number of amides is 1. The van der Waals surface area contributed by atoms with Gasteiger partial charge in [-0.2, -0.15) is 13.2 Å². The fourth-order valence-electron chi connectivity index (χ4n) is 3.84. The van der Waals surface area contributed by atoms with Gasteiger partial charge < -0.3 is 14.6 Å². The number of nitrogens with zero attached hydrogens (tertiary/aromatic N) is 2. The number of alkyl halides is 3. The summed E-state index contributed by atoms with van der Waals surface area (Å²) >= 11 is 6.04. The van der Waals surface area contributed by atoms with Crippen LogP contribution in [0.5, 0.6) is 5.75 Å². The topological polar surface area (TPSA) is 102 Å². The largest absolute Gasteiger partial charge is 0.486 e. The Balaban J connectivity index is 1.59. The minimum atomic E-state index is -4.78. The van der Waals surface area contributed by atoms with Crippen LogP contribution in [0.15, 0.2) is 60.9 Å². The van der Waals surface area contributed by atoms with Gasteiger partial charge in [0, 0.05) is 30.0 Å². The molecule has 0 radical (unpaired) electrons. The third-order valence-electron chi connectivity index (χ3n) is 5.47. The van der Waals surface area contributed by atoms with Gasteiger partial charge in [0.15, 0.2) is 5.75 Å². The molecule has 0 bridgehead atoms. The van der Waals surface area contributed by atoms with Gasteiger partial charge in [0.1, 0.15) is 23.9 Å². The van der Waals surface area contributed by atoms with Crippen molar-refractivity contribution in [1.29, 1.82) is 0 Å². The van der Waals surface area contributed by atoms with Crippen LogP contribution in [0.4, 0.5) is 33.3 Å². The molecule has 4 rings (SSSR count). The number of carbonyl (C=O) groups is 1. The van der Waals surface area contributed by atoms with E-state index in [0.717, 1.165) is 24.6 Å². The highest BCUT2D eigenvalue weighted by molar-refractivity contribution is 7.92. The van der Waals surface area contributed by atoms with Crippen LogP contribution >= 0.6 is 11.6 Å². The highest BCUT2D eigenvalue weighted by atomic mass is 35.5. The van der Waals surface area contributed by atoms with Gasteiger partial charge in [-0.15, -0.1) is 0 Å². The molecule has 216 valence electrons. The Kier molecular flexibility index (Phi) is 8.27. The van der Waals surface area contributed by atoms with Gasteiger partial charge in [-0.25, -0.2) is 22.2 Å². The third-order valence-corrected chi connectivity index (χ3v) is 6.29.